The first-order valence-electron chi connectivity index (χ1n) is 8.89. The molecule has 1 aliphatic carbocycles. The molecule has 0 amide bonds. The molecule has 6 nitrogen and oxygen atoms in total. The van der Waals surface area contributed by atoms with E-state index in [-0.39, 0.29) is 11.7 Å². The second kappa shape index (κ2) is 5.95. The van der Waals surface area contributed by atoms with Gasteiger partial charge in [-0.1, -0.05) is 12.8 Å². The summed E-state index contributed by atoms with van der Waals surface area (Å²) in [5.41, 5.74) is 0.852. The van der Waals surface area contributed by atoms with Crippen LogP contribution in [0.25, 0.3) is 0 Å². The lowest BCUT2D eigenvalue weighted by Crippen LogP contribution is -2.69. The average Bonchev–Trinajstić information content (AvgIpc) is 3.09. The highest BCUT2D eigenvalue weighted by Crippen LogP contribution is 2.46. The van der Waals surface area contributed by atoms with Gasteiger partial charge in [0.1, 0.15) is 4.75 Å². The normalized spacial score (nSPS) is 29.0. The summed E-state index contributed by atoms with van der Waals surface area (Å²) in [5.74, 6) is 0.332. The number of aromatic nitrogens is 2. The number of sulfone groups is 1. The summed E-state index contributed by atoms with van der Waals surface area (Å²) in [5, 5.41) is 0. The van der Waals surface area contributed by atoms with Crippen LogP contribution in [0.15, 0.2) is 12.3 Å². The van der Waals surface area contributed by atoms with E-state index in [0.29, 0.717) is 38.2 Å². The summed E-state index contributed by atoms with van der Waals surface area (Å²) in [6, 6.07) is 2.76. The molecule has 1 aromatic heterocycles. The van der Waals surface area contributed by atoms with E-state index in [1.807, 2.05) is 13.0 Å². The largest absolute Gasteiger partial charge is 0.463 e. The van der Waals surface area contributed by atoms with Gasteiger partial charge in [0.2, 0.25) is 0 Å². The summed E-state index contributed by atoms with van der Waals surface area (Å²) in [4.78, 5) is 10.7. The molecule has 1 atom stereocenters. The van der Waals surface area contributed by atoms with Crippen molar-refractivity contribution in [3.63, 3.8) is 0 Å². The highest BCUT2D eigenvalue weighted by atomic mass is 32.2. The second-order valence-electron chi connectivity index (χ2n) is 7.50. The lowest BCUT2D eigenvalue weighted by atomic mass is 9.82. The molecule has 2 aliphatic heterocycles. The Morgan fingerprint density at radius 3 is 2.75 bits per heavy atom. The van der Waals surface area contributed by atoms with Crippen molar-refractivity contribution in [3.8, 4) is 6.01 Å². The number of rotatable bonds is 4. The molecule has 3 aliphatic rings. The minimum Gasteiger partial charge on any atom is -0.463 e. The van der Waals surface area contributed by atoms with E-state index in [1.54, 1.807) is 6.20 Å². The van der Waals surface area contributed by atoms with Crippen molar-refractivity contribution in [2.24, 2.45) is 5.92 Å². The van der Waals surface area contributed by atoms with Gasteiger partial charge in [-0.2, -0.15) is 0 Å². The van der Waals surface area contributed by atoms with Gasteiger partial charge in [-0.05, 0) is 32.3 Å². The summed E-state index contributed by atoms with van der Waals surface area (Å²) in [6.07, 6.45) is 7.34. The maximum absolute atomic E-state index is 12.7. The fraction of sp³-hybridized carbons (Fsp3) is 0.765. The Balaban J connectivity index is 1.45. The maximum atomic E-state index is 12.7. The van der Waals surface area contributed by atoms with Crippen LogP contribution in [0, 0.1) is 12.8 Å². The van der Waals surface area contributed by atoms with Crippen molar-refractivity contribution in [2.45, 2.75) is 49.8 Å². The van der Waals surface area contributed by atoms with E-state index in [9.17, 15) is 8.42 Å². The van der Waals surface area contributed by atoms with E-state index >= 15 is 0 Å². The van der Waals surface area contributed by atoms with Gasteiger partial charge < -0.3 is 4.74 Å². The van der Waals surface area contributed by atoms with Crippen molar-refractivity contribution in [3.05, 3.63) is 18.0 Å². The smallest absolute Gasteiger partial charge is 0.316 e. The molecule has 2 saturated heterocycles. The van der Waals surface area contributed by atoms with Gasteiger partial charge in [-0.15, -0.1) is 0 Å². The molecule has 1 spiro atoms. The monoisotopic (exact) mass is 351 g/mol. The molecule has 7 heteroatoms. The Kier molecular flexibility index (Phi) is 4.03. The highest BCUT2D eigenvalue weighted by Gasteiger charge is 2.62. The summed E-state index contributed by atoms with van der Waals surface area (Å²) >= 11 is 0. The first kappa shape index (κ1) is 16.3. The zero-order valence-electron chi connectivity index (χ0n) is 14.1. The summed E-state index contributed by atoms with van der Waals surface area (Å²) in [6.45, 7) is 3.65. The van der Waals surface area contributed by atoms with E-state index < -0.39 is 14.6 Å². The average molecular weight is 351 g/mol. The van der Waals surface area contributed by atoms with Crippen molar-refractivity contribution >= 4 is 9.84 Å². The van der Waals surface area contributed by atoms with Gasteiger partial charge in [0, 0.05) is 36.9 Å². The Hall–Kier alpha value is -1.21. The maximum Gasteiger partial charge on any atom is 0.316 e. The van der Waals surface area contributed by atoms with Gasteiger partial charge in [0.15, 0.2) is 9.84 Å². The van der Waals surface area contributed by atoms with Crippen molar-refractivity contribution in [1.29, 1.82) is 0 Å². The number of aryl methyl sites for hydroxylation is 1. The highest BCUT2D eigenvalue weighted by molar-refractivity contribution is 7.93. The summed E-state index contributed by atoms with van der Waals surface area (Å²) < 4.78 is 30.5. The van der Waals surface area contributed by atoms with Gasteiger partial charge in [-0.3, -0.25) is 4.90 Å². The zero-order chi connectivity index (χ0) is 16.8. The van der Waals surface area contributed by atoms with Crippen LogP contribution in [-0.2, 0) is 9.84 Å². The number of hydrogen-bond donors (Lipinski definition) is 0. The molecule has 0 aromatic carbocycles. The van der Waals surface area contributed by atoms with Gasteiger partial charge >= 0.3 is 6.01 Å². The standard InChI is InChI=1S/C17H25N3O3S/c1-13-6-8-18-16(19-13)23-10-14-7-9-24(21,22)17(14)11-20(12-17)15-4-2-3-5-15/h6,8,14-15H,2-5,7,9-12H2,1H3/t14-/m1/s1. The Morgan fingerprint density at radius 2 is 2.04 bits per heavy atom. The van der Waals surface area contributed by atoms with Crippen LogP contribution in [0.3, 0.4) is 0 Å². The minimum atomic E-state index is -3.04. The molecule has 4 rings (SSSR count). The molecule has 1 saturated carbocycles. The molecule has 0 N–H and O–H groups in total. The summed E-state index contributed by atoms with van der Waals surface area (Å²) in [7, 11) is -3.04. The van der Waals surface area contributed by atoms with E-state index in [1.165, 1.54) is 25.7 Å². The first-order valence-corrected chi connectivity index (χ1v) is 10.5. The molecule has 0 radical (unpaired) electrons. The fourth-order valence-electron chi connectivity index (χ4n) is 4.55. The molecule has 3 fully saturated rings. The van der Waals surface area contributed by atoms with Crippen molar-refractivity contribution < 1.29 is 13.2 Å². The van der Waals surface area contributed by atoms with Crippen LogP contribution in [0.4, 0.5) is 0 Å². The molecular formula is C17H25N3O3S. The van der Waals surface area contributed by atoms with E-state index in [4.69, 9.17) is 4.74 Å². The molecule has 132 valence electrons. The lowest BCUT2D eigenvalue weighted by Gasteiger charge is -2.52. The van der Waals surface area contributed by atoms with Crippen LogP contribution in [0.5, 0.6) is 6.01 Å². The fourth-order valence-corrected chi connectivity index (χ4v) is 6.97. The SMILES string of the molecule is Cc1ccnc(OC[C@H]2CCS(=O)(=O)C23CN(C2CCCC2)C3)n1. The molecule has 0 bridgehead atoms. The quantitative estimate of drug-likeness (QED) is 0.820. The Labute approximate surface area is 143 Å². The van der Waals surface area contributed by atoms with Gasteiger partial charge in [0.25, 0.3) is 0 Å². The van der Waals surface area contributed by atoms with Gasteiger partial charge in [0.05, 0.1) is 12.4 Å². The molecule has 1 aromatic rings. The van der Waals surface area contributed by atoms with Crippen molar-refractivity contribution in [2.75, 3.05) is 25.4 Å². The molecule has 0 unspecified atom stereocenters. The number of likely N-dealkylation sites (tertiary alicyclic amines) is 1. The minimum absolute atomic E-state index is 0.0456. The van der Waals surface area contributed by atoms with Crippen LogP contribution < -0.4 is 4.74 Å². The molecular weight excluding hydrogens is 326 g/mol. The Bertz CT molecular complexity index is 710. The van der Waals surface area contributed by atoms with E-state index in [0.717, 1.165) is 5.69 Å². The first-order chi connectivity index (χ1) is 11.5. The zero-order valence-corrected chi connectivity index (χ0v) is 15.0. The van der Waals surface area contributed by atoms with Crippen LogP contribution in [0.1, 0.15) is 37.8 Å². The van der Waals surface area contributed by atoms with Crippen molar-refractivity contribution in [1.82, 2.24) is 14.9 Å². The third-order valence-corrected chi connectivity index (χ3v) is 8.67. The predicted octanol–water partition coefficient (Wildman–Crippen LogP) is 1.60. The van der Waals surface area contributed by atoms with Crippen LogP contribution >= 0.6 is 0 Å². The second-order valence-corrected chi connectivity index (χ2v) is 9.95. The lowest BCUT2D eigenvalue weighted by molar-refractivity contribution is 0.0309. The Morgan fingerprint density at radius 1 is 1.29 bits per heavy atom. The number of nitrogens with zero attached hydrogens (tertiary/aromatic N) is 3. The number of ether oxygens (including phenoxy) is 1. The van der Waals surface area contributed by atoms with Crippen LogP contribution in [0.2, 0.25) is 0 Å². The molecule has 24 heavy (non-hydrogen) atoms. The topological polar surface area (TPSA) is 72.4 Å². The predicted molar refractivity (Wildman–Crippen MR) is 90.7 cm³/mol. The van der Waals surface area contributed by atoms with E-state index in [2.05, 4.69) is 14.9 Å². The number of hydrogen-bond acceptors (Lipinski definition) is 6. The van der Waals surface area contributed by atoms with Gasteiger partial charge in [-0.25, -0.2) is 18.4 Å². The molecule has 3 heterocycles. The third-order valence-electron chi connectivity index (χ3n) is 6.07. The van der Waals surface area contributed by atoms with Crippen LogP contribution in [-0.4, -0.2) is 59.5 Å². The third kappa shape index (κ3) is 2.62.